The minimum Gasteiger partial charge on any atom is -0.497 e. The first kappa shape index (κ1) is 43.1. The minimum absolute atomic E-state index is 0.0157. The second kappa shape index (κ2) is 17.3. The topological polar surface area (TPSA) is 126 Å². The number of hydrogen-bond acceptors (Lipinski definition) is 8. The number of aliphatic hydroxyl groups excluding tert-OH is 1. The van der Waals surface area contributed by atoms with Crippen LogP contribution in [-0.4, -0.2) is 74.7 Å². The Balaban J connectivity index is 0.978. The number of anilines is 1. The Morgan fingerprint density at radius 3 is 2.21 bits per heavy atom. The van der Waals surface area contributed by atoms with E-state index in [9.17, 15) is 23.4 Å². The number of halogens is 1. The van der Waals surface area contributed by atoms with E-state index in [-0.39, 0.29) is 47.6 Å². The summed E-state index contributed by atoms with van der Waals surface area (Å²) in [6.07, 6.45) is 6.84. The van der Waals surface area contributed by atoms with Gasteiger partial charge in [0.25, 0.3) is 0 Å². The number of ether oxygens (including phenoxy) is 3. The summed E-state index contributed by atoms with van der Waals surface area (Å²) in [6.45, 7) is 6.26. The van der Waals surface area contributed by atoms with Crippen molar-refractivity contribution in [2.45, 2.75) is 77.0 Å². The molecule has 1 spiro atoms. The van der Waals surface area contributed by atoms with Crippen LogP contribution in [0.5, 0.6) is 17.2 Å². The zero-order chi connectivity index (χ0) is 43.1. The molecule has 4 aliphatic rings. The van der Waals surface area contributed by atoms with Crippen LogP contribution in [0.25, 0.3) is 0 Å². The smallest absolute Gasteiger partial charge is 0.335 e. The van der Waals surface area contributed by atoms with Gasteiger partial charge in [-0.15, -0.1) is 0 Å². The van der Waals surface area contributed by atoms with Crippen LogP contribution < -0.4 is 19.1 Å². The van der Waals surface area contributed by atoms with E-state index in [4.69, 9.17) is 25.8 Å². The van der Waals surface area contributed by atoms with Crippen molar-refractivity contribution in [3.63, 3.8) is 0 Å². The van der Waals surface area contributed by atoms with Crippen LogP contribution in [0.4, 0.5) is 5.69 Å². The van der Waals surface area contributed by atoms with Crippen molar-refractivity contribution in [3.8, 4) is 17.2 Å². The van der Waals surface area contributed by atoms with Crippen LogP contribution in [0, 0.1) is 23.2 Å². The molecule has 10 nitrogen and oxygen atoms in total. The molecule has 1 aliphatic heterocycles. The van der Waals surface area contributed by atoms with Crippen LogP contribution in [-0.2, 0) is 34.9 Å². The third-order valence-corrected chi connectivity index (χ3v) is 16.2. The third-order valence-electron chi connectivity index (χ3n) is 13.9. The second-order valence-electron chi connectivity index (χ2n) is 18.3. The van der Waals surface area contributed by atoms with E-state index in [1.807, 2.05) is 68.4 Å². The molecule has 61 heavy (non-hydrogen) atoms. The first-order chi connectivity index (χ1) is 29.2. The van der Waals surface area contributed by atoms with Gasteiger partial charge in [0.15, 0.2) is 0 Å². The predicted octanol–water partition coefficient (Wildman–Crippen LogP) is 8.92. The zero-order valence-corrected chi connectivity index (χ0v) is 37.1. The molecule has 1 fully saturated rings. The summed E-state index contributed by atoms with van der Waals surface area (Å²) in [5.41, 5.74) is 5.27. The molecule has 1 unspecified atom stereocenters. The first-order valence-electron chi connectivity index (χ1n) is 21.3. The quantitative estimate of drug-likeness (QED) is 0.113. The van der Waals surface area contributed by atoms with Crippen LogP contribution in [0.3, 0.4) is 0 Å². The Bertz CT molecular complexity index is 2330. The molecule has 0 radical (unpaired) electrons. The molecular formula is C49H57ClN2O8S. The van der Waals surface area contributed by atoms with Crippen molar-refractivity contribution >= 4 is 33.3 Å². The molecule has 5 atom stereocenters. The van der Waals surface area contributed by atoms with Crippen LogP contribution in [0.1, 0.15) is 78.6 Å². The number of nitrogens with zero attached hydrogens (tertiary/aromatic N) is 2. The zero-order valence-electron chi connectivity index (χ0n) is 35.5. The largest absolute Gasteiger partial charge is 0.497 e. The van der Waals surface area contributed by atoms with Crippen molar-refractivity contribution in [3.05, 3.63) is 129 Å². The molecule has 324 valence electrons. The highest BCUT2D eigenvalue weighted by Crippen LogP contribution is 2.50. The van der Waals surface area contributed by atoms with Crippen molar-refractivity contribution in [2.75, 3.05) is 44.6 Å². The second-order valence-corrected chi connectivity index (χ2v) is 20.7. The van der Waals surface area contributed by atoms with Gasteiger partial charge in [0.05, 0.1) is 43.9 Å². The monoisotopic (exact) mass is 868 g/mol. The van der Waals surface area contributed by atoms with Gasteiger partial charge in [0.2, 0.25) is 10.0 Å². The van der Waals surface area contributed by atoms with Gasteiger partial charge >= 0.3 is 5.97 Å². The number of hydrogen-bond donors (Lipinski definition) is 2. The van der Waals surface area contributed by atoms with E-state index in [1.165, 1.54) is 11.1 Å². The van der Waals surface area contributed by atoms with Gasteiger partial charge in [0, 0.05) is 36.6 Å². The summed E-state index contributed by atoms with van der Waals surface area (Å²) in [5, 5.41) is 22.6. The molecule has 8 rings (SSSR count). The minimum atomic E-state index is -3.75. The van der Waals surface area contributed by atoms with E-state index >= 15 is 0 Å². The van der Waals surface area contributed by atoms with Gasteiger partial charge in [-0.25, -0.2) is 13.2 Å². The molecule has 0 aromatic heterocycles. The fraction of sp³-hybridized carbons (Fsp3) is 0.449. The molecule has 12 heteroatoms. The number of aliphatic hydroxyl groups is 1. The predicted molar refractivity (Wildman–Crippen MR) is 238 cm³/mol. The normalized spacial score (nSPS) is 22.8. The molecule has 0 bridgehead atoms. The van der Waals surface area contributed by atoms with Gasteiger partial charge in [0.1, 0.15) is 17.2 Å². The SMILES string of the molecule is COc1ccc(CN(Cc2ccc(OC)cc2)S(=O)(=O)CC(C)(C)[C@H]2C=C(C(O)[C@@H]3CC[C@H]3CN3C[C@@]4(CCCc5cc(Cl)ccc54)COc4ccc(C(=O)O)cc43)C2)cc1. The van der Waals surface area contributed by atoms with Gasteiger partial charge in [-0.1, -0.05) is 61.9 Å². The maximum Gasteiger partial charge on any atom is 0.335 e. The number of benzene rings is 4. The highest BCUT2D eigenvalue weighted by atomic mass is 35.5. The Morgan fingerprint density at radius 2 is 1.62 bits per heavy atom. The Morgan fingerprint density at radius 1 is 0.967 bits per heavy atom. The number of carboxylic acid groups (broad SMARTS) is 1. The fourth-order valence-electron chi connectivity index (χ4n) is 10.0. The highest BCUT2D eigenvalue weighted by molar-refractivity contribution is 7.89. The number of sulfonamides is 1. The van der Waals surface area contributed by atoms with Crippen molar-refractivity contribution in [2.24, 2.45) is 23.2 Å². The lowest BCUT2D eigenvalue weighted by atomic mass is 9.62. The number of aromatic carboxylic acids is 1. The van der Waals surface area contributed by atoms with Crippen LogP contribution >= 0.6 is 11.6 Å². The average Bonchev–Trinajstić information content (AvgIpc) is 3.35. The fourth-order valence-corrected chi connectivity index (χ4v) is 12.3. The lowest BCUT2D eigenvalue weighted by molar-refractivity contribution is 0.0291. The Kier molecular flexibility index (Phi) is 12.2. The van der Waals surface area contributed by atoms with Gasteiger partial charge in [-0.2, -0.15) is 4.31 Å². The van der Waals surface area contributed by atoms with E-state index in [0.29, 0.717) is 43.4 Å². The third kappa shape index (κ3) is 9.03. The molecule has 0 saturated heterocycles. The van der Waals surface area contributed by atoms with Gasteiger partial charge in [-0.3, -0.25) is 0 Å². The molecule has 0 amide bonds. The molecule has 2 N–H and O–H groups in total. The van der Waals surface area contributed by atoms with Gasteiger partial charge < -0.3 is 29.3 Å². The number of carbonyl (C=O) groups is 1. The van der Waals surface area contributed by atoms with E-state index in [2.05, 4.69) is 23.1 Å². The standard InChI is InChI=1S/C49H57ClN2O8S/c1-48(2,31-61(56,57)52(26-32-7-14-40(58-3)15-8-32)27-33-9-16-41(59-4)17-10-33)38-22-37(23-38)46(53)42-18-11-36(42)28-51-29-49(21-5-6-34-24-39(50)13-19-43(34)49)30-60-45-20-12-35(47(54)55)25-44(45)51/h7-10,12-17,19-20,22,24-25,36,38,42,46,53H,5-6,11,18,21,23,26-31H2,1-4H3,(H,54,55)/t36-,38-,42+,46?,49-/m0/s1. The van der Waals surface area contributed by atoms with Crippen molar-refractivity contribution in [1.29, 1.82) is 0 Å². The number of carboxylic acids is 1. The number of rotatable bonds is 15. The molecular weight excluding hydrogens is 812 g/mol. The molecule has 3 aliphatic carbocycles. The molecule has 4 aromatic rings. The lowest BCUT2D eigenvalue weighted by Crippen LogP contribution is -2.50. The summed E-state index contributed by atoms with van der Waals surface area (Å²) in [5.74, 6) is 1.25. The summed E-state index contributed by atoms with van der Waals surface area (Å²) in [6, 6.07) is 26.2. The van der Waals surface area contributed by atoms with Crippen molar-refractivity contribution < 1.29 is 37.6 Å². The summed E-state index contributed by atoms with van der Waals surface area (Å²) >= 11 is 6.45. The maximum atomic E-state index is 14.4. The first-order valence-corrected chi connectivity index (χ1v) is 23.3. The average molecular weight is 870 g/mol. The molecule has 4 aromatic carbocycles. The van der Waals surface area contributed by atoms with Gasteiger partial charge in [-0.05, 0) is 144 Å². The summed E-state index contributed by atoms with van der Waals surface area (Å²) in [7, 11) is -0.538. The maximum absolute atomic E-state index is 14.4. The number of methoxy groups -OCH3 is 2. The van der Waals surface area contributed by atoms with E-state index in [0.717, 1.165) is 59.5 Å². The molecule has 1 heterocycles. The highest BCUT2D eigenvalue weighted by Gasteiger charge is 2.47. The summed E-state index contributed by atoms with van der Waals surface area (Å²) in [4.78, 5) is 14.5. The number of aryl methyl sites for hydroxylation is 1. The summed E-state index contributed by atoms with van der Waals surface area (Å²) < 4.78 is 47.5. The van der Waals surface area contributed by atoms with Crippen LogP contribution in [0.2, 0.25) is 5.02 Å². The lowest BCUT2D eigenvalue weighted by Gasteiger charge is -2.48. The van der Waals surface area contributed by atoms with E-state index < -0.39 is 27.5 Å². The van der Waals surface area contributed by atoms with Crippen LogP contribution in [0.15, 0.2) is 96.6 Å². The number of fused-ring (bicyclic) bond motifs is 3. The number of allylic oxidation sites excluding steroid dienone is 1. The Labute approximate surface area is 365 Å². The molecule has 1 saturated carbocycles. The Hall–Kier alpha value is -4.55. The van der Waals surface area contributed by atoms with Crippen molar-refractivity contribution in [1.82, 2.24) is 4.31 Å². The van der Waals surface area contributed by atoms with E-state index in [1.54, 1.807) is 36.7 Å².